The normalized spacial score (nSPS) is 11.2. The average Bonchev–Trinajstić information content (AvgIpc) is 2.95. The Balaban J connectivity index is 2.11. The third-order valence-corrected chi connectivity index (χ3v) is 5.29. The summed E-state index contributed by atoms with van der Waals surface area (Å²) in [5, 5.41) is 0.537. The molecule has 0 aliphatic rings. The van der Waals surface area contributed by atoms with Crippen molar-refractivity contribution in [2.24, 2.45) is 0 Å². The van der Waals surface area contributed by atoms with Crippen LogP contribution in [0.1, 0.15) is 31.5 Å². The van der Waals surface area contributed by atoms with Crippen LogP contribution in [0.3, 0.4) is 0 Å². The van der Waals surface area contributed by atoms with Gasteiger partial charge in [0, 0.05) is 10.4 Å². The van der Waals surface area contributed by atoms with Gasteiger partial charge in [0.1, 0.15) is 22.9 Å². The van der Waals surface area contributed by atoms with E-state index in [-0.39, 0.29) is 18.2 Å². The molecule has 0 saturated heterocycles. The zero-order chi connectivity index (χ0) is 20.4. The Morgan fingerprint density at radius 1 is 1.21 bits per heavy atom. The maximum atomic E-state index is 13.2. The predicted octanol–water partition coefficient (Wildman–Crippen LogP) is 4.09. The lowest BCUT2D eigenvalue weighted by atomic mass is 10.0. The summed E-state index contributed by atoms with van der Waals surface area (Å²) in [5.41, 5.74) is 1.55. The first-order chi connectivity index (χ1) is 13.3. The van der Waals surface area contributed by atoms with Crippen LogP contribution in [0.2, 0.25) is 0 Å². The molecule has 0 N–H and O–H groups in total. The number of carbonyl (C=O) groups is 1. The van der Waals surface area contributed by atoms with Gasteiger partial charge in [-0.2, -0.15) is 0 Å². The fourth-order valence-electron chi connectivity index (χ4n) is 3.14. The standard InChI is InChI=1S/C21H24N2O4S/c1-6-26-16-9-7-15(8-10-16)18-13(4)28-20-19(18)21(25)23(14(5)22-20)11-17(24)27-12(2)3/h7-10,12H,6,11H2,1-5H3. The fourth-order valence-corrected chi connectivity index (χ4v) is 4.23. The van der Waals surface area contributed by atoms with E-state index >= 15 is 0 Å². The van der Waals surface area contributed by atoms with Gasteiger partial charge in [0.05, 0.1) is 18.1 Å². The highest BCUT2D eigenvalue weighted by atomic mass is 32.1. The molecule has 7 heteroatoms. The van der Waals surface area contributed by atoms with Crippen molar-refractivity contribution in [2.45, 2.75) is 47.3 Å². The van der Waals surface area contributed by atoms with Crippen molar-refractivity contribution in [2.75, 3.05) is 6.61 Å². The monoisotopic (exact) mass is 400 g/mol. The molecule has 0 bridgehead atoms. The first-order valence-electron chi connectivity index (χ1n) is 9.25. The molecule has 0 amide bonds. The number of aryl methyl sites for hydroxylation is 2. The summed E-state index contributed by atoms with van der Waals surface area (Å²) >= 11 is 1.48. The molecule has 2 aromatic heterocycles. The van der Waals surface area contributed by atoms with Gasteiger partial charge in [-0.15, -0.1) is 11.3 Å². The maximum absolute atomic E-state index is 13.2. The van der Waals surface area contributed by atoms with E-state index in [0.29, 0.717) is 22.6 Å². The first kappa shape index (κ1) is 20.1. The minimum atomic E-state index is -0.448. The molecular formula is C21H24N2O4S. The lowest BCUT2D eigenvalue weighted by Gasteiger charge is -2.12. The number of hydrogen-bond acceptors (Lipinski definition) is 6. The minimum absolute atomic E-state index is 0.149. The first-order valence-corrected chi connectivity index (χ1v) is 10.1. The number of esters is 1. The Kier molecular flexibility index (Phi) is 5.84. The number of nitrogens with zero attached hydrogens (tertiary/aromatic N) is 2. The van der Waals surface area contributed by atoms with Crippen LogP contribution in [-0.4, -0.2) is 28.2 Å². The molecule has 0 aliphatic heterocycles. The Morgan fingerprint density at radius 3 is 2.50 bits per heavy atom. The van der Waals surface area contributed by atoms with Gasteiger partial charge in [-0.25, -0.2) is 4.98 Å². The van der Waals surface area contributed by atoms with Crippen LogP contribution in [0.25, 0.3) is 21.3 Å². The molecule has 0 saturated carbocycles. The van der Waals surface area contributed by atoms with Gasteiger partial charge in [0.25, 0.3) is 5.56 Å². The summed E-state index contributed by atoms with van der Waals surface area (Å²) in [5.74, 6) is 0.833. The van der Waals surface area contributed by atoms with Gasteiger partial charge < -0.3 is 9.47 Å². The second-order valence-corrected chi connectivity index (χ2v) is 7.96. The van der Waals surface area contributed by atoms with Crippen LogP contribution in [0.5, 0.6) is 5.75 Å². The van der Waals surface area contributed by atoms with Gasteiger partial charge >= 0.3 is 5.97 Å². The fraction of sp³-hybridized carbons (Fsp3) is 0.381. The second-order valence-electron chi connectivity index (χ2n) is 6.76. The Labute approximate surface area is 167 Å². The Hall–Kier alpha value is -2.67. The number of benzene rings is 1. The van der Waals surface area contributed by atoms with E-state index in [2.05, 4.69) is 4.98 Å². The lowest BCUT2D eigenvalue weighted by Crippen LogP contribution is -2.29. The van der Waals surface area contributed by atoms with Crippen molar-refractivity contribution < 1.29 is 14.3 Å². The zero-order valence-corrected chi connectivity index (χ0v) is 17.6. The van der Waals surface area contributed by atoms with Crippen LogP contribution in [0, 0.1) is 13.8 Å². The van der Waals surface area contributed by atoms with Crippen LogP contribution in [0.15, 0.2) is 29.1 Å². The quantitative estimate of drug-likeness (QED) is 0.583. The highest BCUT2D eigenvalue weighted by Gasteiger charge is 2.20. The van der Waals surface area contributed by atoms with Crippen LogP contribution in [-0.2, 0) is 16.1 Å². The summed E-state index contributed by atoms with van der Waals surface area (Å²) in [6, 6.07) is 7.66. The number of thiophene rings is 1. The van der Waals surface area contributed by atoms with Crippen LogP contribution < -0.4 is 10.3 Å². The Bertz CT molecular complexity index is 1060. The minimum Gasteiger partial charge on any atom is -0.494 e. The number of hydrogen-bond donors (Lipinski definition) is 0. The predicted molar refractivity (Wildman–Crippen MR) is 111 cm³/mol. The number of aromatic nitrogens is 2. The van der Waals surface area contributed by atoms with E-state index in [0.717, 1.165) is 21.8 Å². The number of ether oxygens (including phenoxy) is 2. The second kappa shape index (κ2) is 8.14. The van der Waals surface area contributed by atoms with Gasteiger partial charge in [-0.3, -0.25) is 14.2 Å². The van der Waals surface area contributed by atoms with Crippen molar-refractivity contribution in [3.05, 3.63) is 45.3 Å². The smallest absolute Gasteiger partial charge is 0.326 e. The number of rotatable bonds is 6. The SMILES string of the molecule is CCOc1ccc(-c2c(C)sc3nc(C)n(CC(=O)OC(C)C)c(=O)c23)cc1. The molecule has 1 aromatic carbocycles. The molecule has 2 heterocycles. The third kappa shape index (κ3) is 3.94. The third-order valence-electron chi connectivity index (χ3n) is 4.29. The van der Waals surface area contributed by atoms with E-state index in [1.54, 1.807) is 20.8 Å². The number of fused-ring (bicyclic) bond motifs is 1. The molecule has 0 fully saturated rings. The summed E-state index contributed by atoms with van der Waals surface area (Å²) in [6.07, 6.45) is -0.233. The summed E-state index contributed by atoms with van der Waals surface area (Å²) in [6.45, 7) is 9.65. The van der Waals surface area contributed by atoms with Crippen molar-refractivity contribution in [1.82, 2.24) is 9.55 Å². The molecule has 0 atom stereocenters. The van der Waals surface area contributed by atoms with E-state index in [1.165, 1.54) is 15.9 Å². The molecule has 6 nitrogen and oxygen atoms in total. The summed E-state index contributed by atoms with van der Waals surface area (Å²) in [7, 11) is 0. The van der Waals surface area contributed by atoms with E-state index < -0.39 is 5.97 Å². The molecule has 28 heavy (non-hydrogen) atoms. The van der Waals surface area contributed by atoms with E-state index in [1.807, 2.05) is 38.1 Å². The highest BCUT2D eigenvalue weighted by Crippen LogP contribution is 2.36. The van der Waals surface area contributed by atoms with Crippen LogP contribution in [0.4, 0.5) is 0 Å². The number of carbonyl (C=O) groups excluding carboxylic acids is 1. The molecule has 0 radical (unpaired) electrons. The van der Waals surface area contributed by atoms with Crippen molar-refractivity contribution in [3.63, 3.8) is 0 Å². The van der Waals surface area contributed by atoms with Crippen LogP contribution >= 0.6 is 11.3 Å². The lowest BCUT2D eigenvalue weighted by molar-refractivity contribution is -0.148. The van der Waals surface area contributed by atoms with E-state index in [4.69, 9.17) is 9.47 Å². The topological polar surface area (TPSA) is 70.4 Å². The Morgan fingerprint density at radius 2 is 1.89 bits per heavy atom. The highest BCUT2D eigenvalue weighted by molar-refractivity contribution is 7.19. The molecule has 0 spiro atoms. The molecule has 148 valence electrons. The zero-order valence-electron chi connectivity index (χ0n) is 16.7. The largest absolute Gasteiger partial charge is 0.494 e. The molecule has 3 rings (SSSR count). The van der Waals surface area contributed by atoms with E-state index in [9.17, 15) is 9.59 Å². The molecule has 0 aliphatic carbocycles. The maximum Gasteiger partial charge on any atom is 0.326 e. The van der Waals surface area contributed by atoms with Gasteiger partial charge in [-0.05, 0) is 52.3 Å². The molecular weight excluding hydrogens is 376 g/mol. The van der Waals surface area contributed by atoms with Gasteiger partial charge in [0.15, 0.2) is 0 Å². The summed E-state index contributed by atoms with van der Waals surface area (Å²) in [4.78, 5) is 31.6. The van der Waals surface area contributed by atoms with Crippen molar-refractivity contribution in [3.8, 4) is 16.9 Å². The molecule has 0 unspecified atom stereocenters. The van der Waals surface area contributed by atoms with Crippen molar-refractivity contribution >= 4 is 27.5 Å². The summed E-state index contributed by atoms with van der Waals surface area (Å²) < 4.78 is 12.1. The average molecular weight is 401 g/mol. The van der Waals surface area contributed by atoms with Crippen molar-refractivity contribution in [1.29, 1.82) is 0 Å². The van der Waals surface area contributed by atoms with Gasteiger partial charge in [-0.1, -0.05) is 12.1 Å². The van der Waals surface area contributed by atoms with Gasteiger partial charge in [0.2, 0.25) is 0 Å². The molecule has 3 aromatic rings.